The summed E-state index contributed by atoms with van der Waals surface area (Å²) in [5.74, 6) is 7.86. The molecule has 1 fully saturated rings. The van der Waals surface area contributed by atoms with E-state index in [9.17, 15) is 0 Å². The first-order chi connectivity index (χ1) is 9.27. The van der Waals surface area contributed by atoms with Gasteiger partial charge in [0.1, 0.15) is 0 Å². The number of rotatable bonds is 6. The van der Waals surface area contributed by atoms with E-state index in [0.29, 0.717) is 17.9 Å². The quantitative estimate of drug-likeness (QED) is 0.602. The predicted octanol–water partition coefficient (Wildman–Crippen LogP) is 3.84. The van der Waals surface area contributed by atoms with Gasteiger partial charge in [0.2, 0.25) is 0 Å². The predicted molar refractivity (Wildman–Crippen MR) is 81.7 cm³/mol. The van der Waals surface area contributed by atoms with Crippen LogP contribution >= 0.6 is 0 Å². The molecule has 106 valence electrons. The van der Waals surface area contributed by atoms with Crippen LogP contribution in [0, 0.1) is 11.8 Å². The van der Waals surface area contributed by atoms with Crippen LogP contribution in [-0.2, 0) is 0 Å². The summed E-state index contributed by atoms with van der Waals surface area (Å²) in [6, 6.07) is 11.3. The van der Waals surface area contributed by atoms with Crippen molar-refractivity contribution in [3.8, 4) is 0 Å². The van der Waals surface area contributed by atoms with Gasteiger partial charge in [0.15, 0.2) is 0 Å². The fourth-order valence-electron chi connectivity index (χ4n) is 3.67. The van der Waals surface area contributed by atoms with E-state index < -0.39 is 0 Å². The third-order valence-corrected chi connectivity index (χ3v) is 4.93. The molecular weight excluding hydrogens is 232 g/mol. The second-order valence-electron chi connectivity index (χ2n) is 6.06. The highest BCUT2D eigenvalue weighted by molar-refractivity contribution is 5.22. The fraction of sp³-hybridized carbons (Fsp3) is 0.647. The number of hydrazine groups is 1. The Morgan fingerprint density at radius 1 is 1.21 bits per heavy atom. The molecule has 1 aromatic carbocycles. The van der Waals surface area contributed by atoms with Crippen molar-refractivity contribution in [3.63, 3.8) is 0 Å². The van der Waals surface area contributed by atoms with Gasteiger partial charge in [-0.25, -0.2) is 0 Å². The minimum Gasteiger partial charge on any atom is -0.271 e. The highest BCUT2D eigenvalue weighted by Gasteiger charge is 2.34. The van der Waals surface area contributed by atoms with Gasteiger partial charge in [0, 0.05) is 12.0 Å². The van der Waals surface area contributed by atoms with Crippen molar-refractivity contribution < 1.29 is 0 Å². The first-order valence-electron chi connectivity index (χ1n) is 7.79. The zero-order valence-corrected chi connectivity index (χ0v) is 12.3. The highest BCUT2D eigenvalue weighted by atomic mass is 15.2. The third-order valence-electron chi connectivity index (χ3n) is 4.93. The normalized spacial score (nSPS) is 21.2. The van der Waals surface area contributed by atoms with Gasteiger partial charge in [-0.05, 0) is 30.2 Å². The van der Waals surface area contributed by atoms with Crippen molar-refractivity contribution in [2.75, 3.05) is 0 Å². The van der Waals surface area contributed by atoms with Crippen LogP contribution in [0.4, 0.5) is 0 Å². The molecule has 1 aliphatic rings. The number of nitrogens with one attached hydrogen (secondary N) is 1. The van der Waals surface area contributed by atoms with Gasteiger partial charge < -0.3 is 0 Å². The Bertz CT molecular complexity index is 357. The number of nitrogens with two attached hydrogens (primary N) is 1. The smallest absolute Gasteiger partial charge is 0.0309 e. The van der Waals surface area contributed by atoms with E-state index in [1.54, 1.807) is 0 Å². The minimum atomic E-state index is 0.417. The van der Waals surface area contributed by atoms with Crippen LogP contribution in [0.2, 0.25) is 0 Å². The Morgan fingerprint density at radius 3 is 2.37 bits per heavy atom. The summed E-state index contributed by atoms with van der Waals surface area (Å²) in [5, 5.41) is 0. The standard InChI is InChI=1S/C17H28N2/c1-3-13(2)16(14-9-5-4-6-10-14)17(19-18)15-11-7-8-12-15/h4-6,9-10,13,15-17,19H,3,7-8,11-12,18H2,1-2H3. The molecule has 0 saturated heterocycles. The molecule has 3 N–H and O–H groups in total. The van der Waals surface area contributed by atoms with E-state index in [1.165, 1.54) is 37.7 Å². The lowest BCUT2D eigenvalue weighted by atomic mass is 9.75. The molecule has 0 aliphatic heterocycles. The molecule has 2 nitrogen and oxygen atoms in total. The molecule has 2 rings (SSSR count). The van der Waals surface area contributed by atoms with Crippen LogP contribution in [0.3, 0.4) is 0 Å². The minimum absolute atomic E-state index is 0.417. The fourth-order valence-corrected chi connectivity index (χ4v) is 3.67. The van der Waals surface area contributed by atoms with Crippen molar-refractivity contribution >= 4 is 0 Å². The van der Waals surface area contributed by atoms with Crippen LogP contribution in [0.25, 0.3) is 0 Å². The molecule has 0 amide bonds. The Balaban J connectivity index is 2.25. The van der Waals surface area contributed by atoms with Crippen molar-refractivity contribution in [2.45, 2.75) is 57.9 Å². The summed E-state index contributed by atoms with van der Waals surface area (Å²) in [7, 11) is 0. The molecule has 3 unspecified atom stereocenters. The molecule has 0 bridgehead atoms. The van der Waals surface area contributed by atoms with Gasteiger partial charge in [-0.3, -0.25) is 11.3 Å². The van der Waals surface area contributed by atoms with E-state index in [1.807, 2.05) is 0 Å². The molecular formula is C17H28N2. The average Bonchev–Trinajstić information content (AvgIpc) is 2.98. The molecule has 1 saturated carbocycles. The summed E-state index contributed by atoms with van der Waals surface area (Å²) >= 11 is 0. The van der Waals surface area contributed by atoms with Gasteiger partial charge in [-0.2, -0.15) is 0 Å². The molecule has 3 atom stereocenters. The average molecular weight is 260 g/mol. The maximum absolute atomic E-state index is 5.93. The Hall–Kier alpha value is -0.860. The van der Waals surface area contributed by atoms with E-state index in [0.717, 1.165) is 5.92 Å². The molecule has 19 heavy (non-hydrogen) atoms. The Kier molecular flexibility index (Phi) is 5.41. The van der Waals surface area contributed by atoms with E-state index in [-0.39, 0.29) is 0 Å². The molecule has 2 heteroatoms. The molecule has 0 radical (unpaired) electrons. The van der Waals surface area contributed by atoms with E-state index in [4.69, 9.17) is 5.84 Å². The third kappa shape index (κ3) is 3.37. The Labute approximate surface area is 117 Å². The zero-order valence-electron chi connectivity index (χ0n) is 12.3. The van der Waals surface area contributed by atoms with Crippen LogP contribution < -0.4 is 11.3 Å². The van der Waals surface area contributed by atoms with Crippen LogP contribution in [-0.4, -0.2) is 6.04 Å². The second kappa shape index (κ2) is 7.06. The first kappa shape index (κ1) is 14.5. The topological polar surface area (TPSA) is 38.0 Å². The van der Waals surface area contributed by atoms with Gasteiger partial charge in [0.25, 0.3) is 0 Å². The monoisotopic (exact) mass is 260 g/mol. The molecule has 1 aromatic rings. The zero-order chi connectivity index (χ0) is 13.7. The van der Waals surface area contributed by atoms with Crippen molar-refractivity contribution in [1.82, 2.24) is 5.43 Å². The lowest BCUT2D eigenvalue weighted by Crippen LogP contribution is -2.46. The molecule has 1 aliphatic carbocycles. The maximum atomic E-state index is 5.93. The first-order valence-corrected chi connectivity index (χ1v) is 7.79. The SMILES string of the molecule is CCC(C)C(c1ccccc1)C(NN)C1CCCC1. The Morgan fingerprint density at radius 2 is 1.84 bits per heavy atom. The van der Waals surface area contributed by atoms with Crippen molar-refractivity contribution in [3.05, 3.63) is 35.9 Å². The second-order valence-corrected chi connectivity index (χ2v) is 6.06. The van der Waals surface area contributed by atoms with Crippen LogP contribution in [0.15, 0.2) is 30.3 Å². The summed E-state index contributed by atoms with van der Waals surface area (Å²) in [4.78, 5) is 0. The van der Waals surface area contributed by atoms with Crippen molar-refractivity contribution in [1.29, 1.82) is 0 Å². The van der Waals surface area contributed by atoms with E-state index in [2.05, 4.69) is 49.6 Å². The summed E-state index contributed by atoms with van der Waals surface area (Å²) in [5.41, 5.74) is 4.59. The highest BCUT2D eigenvalue weighted by Crippen LogP contribution is 2.38. The maximum Gasteiger partial charge on any atom is 0.0309 e. The molecule has 0 aromatic heterocycles. The number of hydrogen-bond acceptors (Lipinski definition) is 2. The number of benzene rings is 1. The summed E-state index contributed by atoms with van der Waals surface area (Å²) in [6.07, 6.45) is 6.59. The lowest BCUT2D eigenvalue weighted by molar-refractivity contribution is 0.258. The van der Waals surface area contributed by atoms with E-state index >= 15 is 0 Å². The van der Waals surface area contributed by atoms with Gasteiger partial charge in [-0.1, -0.05) is 63.4 Å². The van der Waals surface area contributed by atoms with Crippen LogP contribution in [0.5, 0.6) is 0 Å². The van der Waals surface area contributed by atoms with Gasteiger partial charge in [0.05, 0.1) is 0 Å². The summed E-state index contributed by atoms with van der Waals surface area (Å²) in [6.45, 7) is 4.64. The largest absolute Gasteiger partial charge is 0.271 e. The molecule has 0 spiro atoms. The summed E-state index contributed by atoms with van der Waals surface area (Å²) < 4.78 is 0. The van der Waals surface area contributed by atoms with Crippen LogP contribution in [0.1, 0.15) is 57.4 Å². The van der Waals surface area contributed by atoms with Crippen molar-refractivity contribution in [2.24, 2.45) is 17.7 Å². The van der Waals surface area contributed by atoms with Gasteiger partial charge >= 0.3 is 0 Å². The number of hydrogen-bond donors (Lipinski definition) is 2. The van der Waals surface area contributed by atoms with Gasteiger partial charge in [-0.15, -0.1) is 0 Å². The molecule has 0 heterocycles. The lowest BCUT2D eigenvalue weighted by Gasteiger charge is -2.35.